The molecule has 1 aromatic carbocycles. The monoisotopic (exact) mass is 328 g/mol. The van der Waals surface area contributed by atoms with Gasteiger partial charge in [0.05, 0.1) is 13.2 Å². The van der Waals surface area contributed by atoms with Crippen molar-refractivity contribution in [3.05, 3.63) is 28.2 Å². The van der Waals surface area contributed by atoms with E-state index in [0.717, 1.165) is 41.5 Å². The second kappa shape index (κ2) is 8.60. The van der Waals surface area contributed by atoms with Crippen LogP contribution in [-0.4, -0.2) is 18.3 Å². The molecule has 2 nitrogen and oxygen atoms in total. The summed E-state index contributed by atoms with van der Waals surface area (Å²) in [6.07, 6.45) is 4.85. The zero-order valence-electron chi connectivity index (χ0n) is 12.2. The molecular weight excluding hydrogens is 304 g/mol. The molecule has 0 aromatic heterocycles. The second-order valence-corrected chi connectivity index (χ2v) is 5.92. The smallest absolute Gasteiger partial charge is 0.119 e. The largest absolute Gasteiger partial charge is 0.497 e. The first kappa shape index (κ1) is 16.5. The number of hydrogen-bond acceptors (Lipinski definition) is 2. The summed E-state index contributed by atoms with van der Waals surface area (Å²) in [5.41, 5.74) is 1.11. The highest BCUT2D eigenvalue weighted by Gasteiger charge is 2.19. The number of aliphatic hydroxyl groups excluding tert-OH is 1. The van der Waals surface area contributed by atoms with E-state index >= 15 is 0 Å². The van der Waals surface area contributed by atoms with Crippen LogP contribution in [0.2, 0.25) is 0 Å². The van der Waals surface area contributed by atoms with Gasteiger partial charge < -0.3 is 9.84 Å². The number of hydrogen-bond donors (Lipinski definition) is 1. The molecule has 0 fully saturated rings. The van der Waals surface area contributed by atoms with Gasteiger partial charge in [0.1, 0.15) is 5.75 Å². The third-order valence-electron chi connectivity index (χ3n) is 3.55. The minimum Gasteiger partial charge on any atom is -0.497 e. The minimum absolute atomic E-state index is 0.275. The molecule has 0 saturated heterocycles. The van der Waals surface area contributed by atoms with Crippen molar-refractivity contribution in [3.8, 4) is 5.75 Å². The predicted molar refractivity (Wildman–Crippen MR) is 83.7 cm³/mol. The van der Waals surface area contributed by atoms with Crippen LogP contribution >= 0.6 is 15.9 Å². The van der Waals surface area contributed by atoms with Crippen LogP contribution in [0.1, 0.15) is 45.1 Å². The highest BCUT2D eigenvalue weighted by Crippen LogP contribution is 2.27. The van der Waals surface area contributed by atoms with E-state index in [1.165, 1.54) is 0 Å². The lowest BCUT2D eigenvalue weighted by Crippen LogP contribution is -2.23. The Morgan fingerprint density at radius 1 is 1.21 bits per heavy atom. The van der Waals surface area contributed by atoms with Crippen molar-refractivity contribution in [3.63, 3.8) is 0 Å². The Morgan fingerprint density at radius 3 is 2.37 bits per heavy atom. The molecule has 0 amide bonds. The molecule has 0 aliphatic rings. The van der Waals surface area contributed by atoms with E-state index in [4.69, 9.17) is 4.74 Å². The molecule has 1 N–H and O–H groups in total. The summed E-state index contributed by atoms with van der Waals surface area (Å²) in [6.45, 7) is 4.35. The first-order chi connectivity index (χ1) is 9.12. The standard InChI is InChI=1S/C16H25BrO2/c1-4-6-12(7-5-2)16(18)11-13-10-14(19-3)8-9-15(13)17/h8-10,12,16,18H,4-7,11H2,1-3H3. The molecule has 108 valence electrons. The van der Waals surface area contributed by atoms with Crippen LogP contribution in [0.5, 0.6) is 5.75 Å². The van der Waals surface area contributed by atoms with Gasteiger partial charge in [0.15, 0.2) is 0 Å². The van der Waals surface area contributed by atoms with Gasteiger partial charge in [0, 0.05) is 4.47 Å². The minimum atomic E-state index is -0.275. The first-order valence-corrected chi connectivity index (χ1v) is 7.92. The van der Waals surface area contributed by atoms with Gasteiger partial charge in [0.2, 0.25) is 0 Å². The molecule has 0 aliphatic heterocycles. The van der Waals surface area contributed by atoms with E-state index in [0.29, 0.717) is 12.3 Å². The zero-order chi connectivity index (χ0) is 14.3. The molecule has 0 radical (unpaired) electrons. The molecule has 19 heavy (non-hydrogen) atoms. The Balaban J connectivity index is 2.75. The molecule has 0 saturated carbocycles. The van der Waals surface area contributed by atoms with Crippen molar-refractivity contribution in [2.45, 2.75) is 52.1 Å². The van der Waals surface area contributed by atoms with E-state index in [1.807, 2.05) is 18.2 Å². The molecule has 1 atom stereocenters. The van der Waals surface area contributed by atoms with Crippen LogP contribution in [0.3, 0.4) is 0 Å². The zero-order valence-corrected chi connectivity index (χ0v) is 13.7. The average molecular weight is 329 g/mol. The van der Waals surface area contributed by atoms with Gasteiger partial charge in [-0.25, -0.2) is 0 Å². The molecule has 1 unspecified atom stereocenters. The van der Waals surface area contributed by atoms with Crippen LogP contribution in [-0.2, 0) is 6.42 Å². The van der Waals surface area contributed by atoms with Crippen molar-refractivity contribution in [2.24, 2.45) is 5.92 Å². The van der Waals surface area contributed by atoms with Crippen LogP contribution in [0, 0.1) is 5.92 Å². The highest BCUT2D eigenvalue weighted by atomic mass is 79.9. The third-order valence-corrected chi connectivity index (χ3v) is 4.32. The fourth-order valence-electron chi connectivity index (χ4n) is 2.50. The van der Waals surface area contributed by atoms with E-state index < -0.39 is 0 Å². The number of rotatable bonds is 8. The van der Waals surface area contributed by atoms with Gasteiger partial charge >= 0.3 is 0 Å². The summed E-state index contributed by atoms with van der Waals surface area (Å²) in [7, 11) is 1.67. The van der Waals surface area contributed by atoms with E-state index in [9.17, 15) is 5.11 Å². The van der Waals surface area contributed by atoms with E-state index in [-0.39, 0.29) is 6.10 Å². The number of methoxy groups -OCH3 is 1. The lowest BCUT2D eigenvalue weighted by molar-refractivity contribution is 0.0961. The van der Waals surface area contributed by atoms with Gasteiger partial charge in [-0.05, 0) is 48.9 Å². The van der Waals surface area contributed by atoms with Crippen molar-refractivity contribution in [1.29, 1.82) is 0 Å². The van der Waals surface area contributed by atoms with Crippen LogP contribution in [0.4, 0.5) is 0 Å². The maximum Gasteiger partial charge on any atom is 0.119 e. The lowest BCUT2D eigenvalue weighted by Gasteiger charge is -2.22. The number of benzene rings is 1. The molecule has 3 heteroatoms. The van der Waals surface area contributed by atoms with Crippen molar-refractivity contribution in [2.75, 3.05) is 7.11 Å². The van der Waals surface area contributed by atoms with Crippen LogP contribution < -0.4 is 4.74 Å². The molecule has 1 rings (SSSR count). The molecule has 0 bridgehead atoms. The molecular formula is C16H25BrO2. The summed E-state index contributed by atoms with van der Waals surface area (Å²) in [5, 5.41) is 10.5. The summed E-state index contributed by atoms with van der Waals surface area (Å²) in [4.78, 5) is 0. The quantitative estimate of drug-likeness (QED) is 0.756. The van der Waals surface area contributed by atoms with Gasteiger partial charge in [-0.1, -0.05) is 42.6 Å². The first-order valence-electron chi connectivity index (χ1n) is 7.12. The van der Waals surface area contributed by atoms with E-state index in [1.54, 1.807) is 7.11 Å². The fraction of sp³-hybridized carbons (Fsp3) is 0.625. The van der Waals surface area contributed by atoms with E-state index in [2.05, 4.69) is 29.8 Å². The normalized spacial score (nSPS) is 12.7. The molecule has 1 aromatic rings. The Hall–Kier alpha value is -0.540. The Kier molecular flexibility index (Phi) is 7.47. The molecule has 0 heterocycles. The van der Waals surface area contributed by atoms with Crippen molar-refractivity contribution in [1.82, 2.24) is 0 Å². The maximum atomic E-state index is 10.5. The highest BCUT2D eigenvalue weighted by molar-refractivity contribution is 9.10. The van der Waals surface area contributed by atoms with Crippen LogP contribution in [0.25, 0.3) is 0 Å². The van der Waals surface area contributed by atoms with Crippen molar-refractivity contribution >= 4 is 15.9 Å². The fourth-order valence-corrected chi connectivity index (χ4v) is 2.91. The number of ether oxygens (including phenoxy) is 1. The average Bonchev–Trinajstić information content (AvgIpc) is 2.41. The Bertz CT molecular complexity index is 373. The van der Waals surface area contributed by atoms with Gasteiger partial charge in [-0.3, -0.25) is 0 Å². The summed E-state index contributed by atoms with van der Waals surface area (Å²) >= 11 is 3.55. The van der Waals surface area contributed by atoms with Gasteiger partial charge in [-0.2, -0.15) is 0 Å². The van der Waals surface area contributed by atoms with Crippen LogP contribution in [0.15, 0.2) is 22.7 Å². The predicted octanol–water partition coefficient (Wildman–Crippen LogP) is 4.58. The Morgan fingerprint density at radius 2 is 1.84 bits per heavy atom. The second-order valence-electron chi connectivity index (χ2n) is 5.07. The Labute approximate surface area is 125 Å². The summed E-state index contributed by atoms with van der Waals surface area (Å²) < 4.78 is 6.29. The number of aliphatic hydroxyl groups is 1. The summed E-state index contributed by atoms with van der Waals surface area (Å²) in [5.74, 6) is 1.24. The number of halogens is 1. The van der Waals surface area contributed by atoms with Crippen molar-refractivity contribution < 1.29 is 9.84 Å². The summed E-state index contributed by atoms with van der Waals surface area (Å²) in [6, 6.07) is 5.91. The maximum absolute atomic E-state index is 10.5. The topological polar surface area (TPSA) is 29.5 Å². The van der Waals surface area contributed by atoms with Gasteiger partial charge in [0.25, 0.3) is 0 Å². The molecule has 0 spiro atoms. The molecule has 0 aliphatic carbocycles. The SMILES string of the molecule is CCCC(CCC)C(O)Cc1cc(OC)ccc1Br. The lowest BCUT2D eigenvalue weighted by atomic mass is 9.89. The van der Waals surface area contributed by atoms with Gasteiger partial charge in [-0.15, -0.1) is 0 Å². The third kappa shape index (κ3) is 5.15.